The number of aliphatic hydroxyl groups is 1. The summed E-state index contributed by atoms with van der Waals surface area (Å²) in [6.07, 6.45) is 2.67. The molecule has 1 saturated carbocycles. The number of ether oxygens (including phenoxy) is 1. The van der Waals surface area contributed by atoms with Crippen LogP contribution in [0.5, 0.6) is 5.75 Å². The maximum atomic E-state index is 11.3. The Balaban J connectivity index is 1.93. The summed E-state index contributed by atoms with van der Waals surface area (Å²) in [6.45, 7) is 0. The lowest BCUT2D eigenvalue weighted by Gasteiger charge is -2.08. The molecule has 0 aliphatic heterocycles. The number of aromatic nitrogens is 3. The highest BCUT2D eigenvalue weighted by molar-refractivity contribution is 5.94. The van der Waals surface area contributed by atoms with Crippen LogP contribution in [0, 0.1) is 5.92 Å². The van der Waals surface area contributed by atoms with E-state index in [1.807, 2.05) is 6.07 Å². The SMILES string of the molecule is COc1cc(-c2cc(C(O)C3CC3)n3ncnc(N)c23)ccc1C(=O)O. The fourth-order valence-corrected chi connectivity index (χ4v) is 3.21. The van der Waals surface area contributed by atoms with Crippen molar-refractivity contribution >= 4 is 17.3 Å². The molecule has 8 heteroatoms. The molecular formula is C18H18N4O4. The third-order valence-electron chi connectivity index (χ3n) is 4.72. The molecular weight excluding hydrogens is 336 g/mol. The van der Waals surface area contributed by atoms with Crippen LogP contribution in [0.15, 0.2) is 30.6 Å². The average Bonchev–Trinajstić information content (AvgIpc) is 3.41. The van der Waals surface area contributed by atoms with Crippen molar-refractivity contribution in [2.24, 2.45) is 5.92 Å². The number of nitrogens with zero attached hydrogens (tertiary/aromatic N) is 3. The van der Waals surface area contributed by atoms with E-state index in [1.165, 1.54) is 19.5 Å². The molecule has 26 heavy (non-hydrogen) atoms. The summed E-state index contributed by atoms with van der Waals surface area (Å²) in [5, 5.41) is 24.1. The first-order valence-electron chi connectivity index (χ1n) is 8.23. The van der Waals surface area contributed by atoms with Crippen LogP contribution in [0.1, 0.15) is 35.0 Å². The third kappa shape index (κ3) is 2.55. The van der Waals surface area contributed by atoms with Gasteiger partial charge >= 0.3 is 5.97 Å². The van der Waals surface area contributed by atoms with Crippen molar-refractivity contribution in [3.8, 4) is 16.9 Å². The van der Waals surface area contributed by atoms with Gasteiger partial charge in [0.05, 0.1) is 18.9 Å². The van der Waals surface area contributed by atoms with Gasteiger partial charge in [0.2, 0.25) is 0 Å². The van der Waals surface area contributed by atoms with E-state index in [1.54, 1.807) is 16.6 Å². The molecule has 1 atom stereocenters. The Morgan fingerprint density at radius 2 is 2.15 bits per heavy atom. The van der Waals surface area contributed by atoms with Gasteiger partial charge < -0.3 is 20.7 Å². The number of methoxy groups -OCH3 is 1. The van der Waals surface area contributed by atoms with Crippen molar-refractivity contribution in [1.29, 1.82) is 0 Å². The minimum absolute atomic E-state index is 0.0715. The van der Waals surface area contributed by atoms with E-state index in [9.17, 15) is 15.0 Å². The number of carboxylic acid groups (broad SMARTS) is 1. The zero-order valence-electron chi connectivity index (χ0n) is 14.1. The Morgan fingerprint density at radius 1 is 1.38 bits per heavy atom. The summed E-state index contributed by atoms with van der Waals surface area (Å²) in [5.74, 6) is -0.316. The molecule has 4 N–H and O–H groups in total. The number of aromatic carboxylic acids is 1. The fraction of sp³-hybridized carbons (Fsp3) is 0.278. The van der Waals surface area contributed by atoms with E-state index >= 15 is 0 Å². The minimum atomic E-state index is -1.07. The quantitative estimate of drug-likeness (QED) is 0.641. The first-order valence-corrected chi connectivity index (χ1v) is 8.23. The van der Waals surface area contributed by atoms with E-state index in [2.05, 4.69) is 10.1 Å². The van der Waals surface area contributed by atoms with Gasteiger partial charge in [0, 0.05) is 5.56 Å². The van der Waals surface area contributed by atoms with Gasteiger partial charge in [-0.15, -0.1) is 0 Å². The molecule has 0 saturated heterocycles. The molecule has 1 aliphatic rings. The fourth-order valence-electron chi connectivity index (χ4n) is 3.21. The molecule has 1 aliphatic carbocycles. The smallest absolute Gasteiger partial charge is 0.339 e. The van der Waals surface area contributed by atoms with Crippen molar-refractivity contribution in [3.63, 3.8) is 0 Å². The molecule has 1 unspecified atom stereocenters. The molecule has 0 amide bonds. The molecule has 1 aromatic carbocycles. The zero-order chi connectivity index (χ0) is 18.4. The maximum absolute atomic E-state index is 11.3. The van der Waals surface area contributed by atoms with E-state index in [0.29, 0.717) is 22.3 Å². The zero-order valence-corrected chi connectivity index (χ0v) is 14.1. The molecule has 0 radical (unpaired) electrons. The van der Waals surface area contributed by atoms with Gasteiger partial charge in [-0.25, -0.2) is 14.3 Å². The van der Waals surface area contributed by atoms with Crippen molar-refractivity contribution in [3.05, 3.63) is 41.9 Å². The number of hydrogen-bond acceptors (Lipinski definition) is 6. The molecule has 8 nitrogen and oxygen atoms in total. The first kappa shape index (κ1) is 16.3. The molecule has 4 rings (SSSR count). The first-order chi connectivity index (χ1) is 12.5. The summed E-state index contributed by atoms with van der Waals surface area (Å²) in [6, 6.07) is 6.63. The molecule has 134 valence electrons. The van der Waals surface area contributed by atoms with E-state index in [4.69, 9.17) is 10.5 Å². The number of benzene rings is 1. The molecule has 1 fully saturated rings. The van der Waals surface area contributed by atoms with Crippen LogP contribution in [-0.2, 0) is 0 Å². The maximum Gasteiger partial charge on any atom is 0.339 e. The minimum Gasteiger partial charge on any atom is -0.496 e. The number of hydrogen-bond donors (Lipinski definition) is 3. The van der Waals surface area contributed by atoms with Crippen molar-refractivity contribution in [1.82, 2.24) is 14.6 Å². The normalized spacial score (nSPS) is 15.2. The second-order valence-electron chi connectivity index (χ2n) is 6.39. The number of carboxylic acids is 1. The number of rotatable bonds is 5. The van der Waals surface area contributed by atoms with Crippen molar-refractivity contribution in [2.45, 2.75) is 18.9 Å². The lowest BCUT2D eigenvalue weighted by atomic mass is 10.0. The molecule has 0 spiro atoms. The topological polar surface area (TPSA) is 123 Å². The van der Waals surface area contributed by atoms with Crippen molar-refractivity contribution in [2.75, 3.05) is 12.8 Å². The predicted molar refractivity (Wildman–Crippen MR) is 94.0 cm³/mol. The van der Waals surface area contributed by atoms with Crippen LogP contribution in [0.2, 0.25) is 0 Å². The molecule has 3 aromatic rings. The van der Waals surface area contributed by atoms with Gasteiger partial charge in [0.15, 0.2) is 5.82 Å². The third-order valence-corrected chi connectivity index (χ3v) is 4.72. The molecule has 0 bridgehead atoms. The van der Waals surface area contributed by atoms with E-state index in [-0.39, 0.29) is 23.0 Å². The van der Waals surface area contributed by atoms with Crippen LogP contribution in [-0.4, -0.2) is 37.9 Å². The second kappa shape index (κ2) is 5.99. The van der Waals surface area contributed by atoms with Gasteiger partial charge in [-0.05, 0) is 42.5 Å². The van der Waals surface area contributed by atoms with Gasteiger partial charge in [0.1, 0.15) is 23.2 Å². The Kier molecular flexibility index (Phi) is 3.77. The number of anilines is 1. The summed E-state index contributed by atoms with van der Waals surface area (Å²) < 4.78 is 6.82. The summed E-state index contributed by atoms with van der Waals surface area (Å²) >= 11 is 0. The van der Waals surface area contributed by atoms with Gasteiger partial charge in [0.25, 0.3) is 0 Å². The van der Waals surface area contributed by atoms with Crippen LogP contribution in [0.3, 0.4) is 0 Å². The highest BCUT2D eigenvalue weighted by atomic mass is 16.5. The summed E-state index contributed by atoms with van der Waals surface area (Å²) in [7, 11) is 1.42. The predicted octanol–water partition coefficient (Wildman–Crippen LogP) is 2.13. The van der Waals surface area contributed by atoms with Crippen LogP contribution in [0.4, 0.5) is 5.82 Å². The monoisotopic (exact) mass is 354 g/mol. The Hall–Kier alpha value is -3.13. The van der Waals surface area contributed by atoms with Gasteiger partial charge in [-0.1, -0.05) is 6.07 Å². The Labute approximate surface area is 148 Å². The van der Waals surface area contributed by atoms with Crippen LogP contribution < -0.4 is 10.5 Å². The lowest BCUT2D eigenvalue weighted by Crippen LogP contribution is -2.07. The summed E-state index contributed by atoms with van der Waals surface area (Å²) in [4.78, 5) is 15.4. The van der Waals surface area contributed by atoms with Crippen molar-refractivity contribution < 1.29 is 19.7 Å². The number of aliphatic hydroxyl groups excluding tert-OH is 1. The van der Waals surface area contributed by atoms with Crippen LogP contribution >= 0.6 is 0 Å². The Bertz CT molecular complexity index is 1010. The van der Waals surface area contributed by atoms with E-state index in [0.717, 1.165) is 12.8 Å². The lowest BCUT2D eigenvalue weighted by molar-refractivity contribution is 0.0693. The highest BCUT2D eigenvalue weighted by Gasteiger charge is 2.33. The van der Waals surface area contributed by atoms with Gasteiger partial charge in [-0.2, -0.15) is 5.10 Å². The average molecular weight is 354 g/mol. The van der Waals surface area contributed by atoms with Gasteiger partial charge in [-0.3, -0.25) is 0 Å². The largest absolute Gasteiger partial charge is 0.496 e. The standard InChI is InChI=1S/C18H18N4O4/c1-26-14-6-10(4-5-11(14)18(24)25)12-7-13(16(23)9-2-3-9)22-15(12)17(19)20-8-21-22/h4-9,16,23H,2-3H2,1H3,(H,24,25)(H2,19,20,21). The second-order valence-corrected chi connectivity index (χ2v) is 6.39. The highest BCUT2D eigenvalue weighted by Crippen LogP contribution is 2.43. The Morgan fingerprint density at radius 3 is 2.81 bits per heavy atom. The summed E-state index contributed by atoms with van der Waals surface area (Å²) in [5.41, 5.74) is 8.79. The van der Waals surface area contributed by atoms with Crippen LogP contribution in [0.25, 0.3) is 16.6 Å². The number of nitrogen functional groups attached to an aromatic ring is 1. The number of carbonyl (C=O) groups is 1. The molecule has 2 aromatic heterocycles. The number of nitrogens with two attached hydrogens (primary N) is 1. The molecule has 2 heterocycles. The number of fused-ring (bicyclic) bond motifs is 1. The van der Waals surface area contributed by atoms with E-state index < -0.39 is 12.1 Å².